The Hall–Kier alpha value is 0.0300. The van der Waals surface area contributed by atoms with Crippen molar-refractivity contribution in [3.63, 3.8) is 0 Å². The summed E-state index contributed by atoms with van der Waals surface area (Å²) in [5.41, 5.74) is 0. The summed E-state index contributed by atoms with van der Waals surface area (Å²) in [5, 5.41) is 0. The second-order valence-electron chi connectivity index (χ2n) is 4.05. The average Bonchev–Trinajstić information content (AvgIpc) is 2.25. The summed E-state index contributed by atoms with van der Waals surface area (Å²) in [5.74, 6) is 0. The number of rotatable bonds is 6. The third-order valence-electron chi connectivity index (χ3n) is 2.87. The van der Waals surface area contributed by atoms with Crippen LogP contribution in [0.15, 0.2) is 0 Å². The van der Waals surface area contributed by atoms with E-state index in [1.165, 1.54) is 30.0 Å². The van der Waals surface area contributed by atoms with E-state index in [2.05, 4.69) is 11.8 Å². The Labute approximate surface area is 95.1 Å². The summed E-state index contributed by atoms with van der Waals surface area (Å²) in [6.45, 7) is 6.43. The van der Waals surface area contributed by atoms with Gasteiger partial charge in [0.2, 0.25) is 0 Å². The molecular formula is C10H21N2O2S-. The van der Waals surface area contributed by atoms with E-state index < -0.39 is 11.3 Å². The molecule has 1 heterocycles. The maximum Gasteiger partial charge on any atom is 0.0230 e. The number of piperazine rings is 1. The monoisotopic (exact) mass is 233 g/mol. The van der Waals surface area contributed by atoms with Crippen LogP contribution in [0.5, 0.6) is 0 Å². The summed E-state index contributed by atoms with van der Waals surface area (Å²) in [6.07, 6.45) is 5.12. The Morgan fingerprint density at radius 2 is 1.80 bits per heavy atom. The molecule has 0 radical (unpaired) electrons. The highest BCUT2D eigenvalue weighted by atomic mass is 32.2. The van der Waals surface area contributed by atoms with Gasteiger partial charge in [0.1, 0.15) is 0 Å². The van der Waals surface area contributed by atoms with E-state index in [1.54, 1.807) is 0 Å². The van der Waals surface area contributed by atoms with Crippen LogP contribution in [0.4, 0.5) is 0 Å². The first-order chi connectivity index (χ1) is 7.24. The fraction of sp³-hybridized carbons (Fsp3) is 1.00. The molecule has 1 aliphatic heterocycles. The molecule has 90 valence electrons. The quantitative estimate of drug-likeness (QED) is 0.507. The lowest BCUT2D eigenvalue weighted by Gasteiger charge is -2.35. The average molecular weight is 233 g/mol. The highest BCUT2D eigenvalue weighted by Gasteiger charge is 2.16. The van der Waals surface area contributed by atoms with Gasteiger partial charge in [0, 0.05) is 37.4 Å². The standard InChI is InChI=1S/C10H22N2O2S/c1-2-3-4-5-6-11-7-9-12(10-8-11)15(13)14/h2-10H2,1H3,(H,13,14)/p-1. The molecule has 0 spiro atoms. The van der Waals surface area contributed by atoms with Crippen LogP contribution in [-0.4, -0.2) is 50.7 Å². The molecule has 0 amide bonds. The Kier molecular flexibility index (Phi) is 6.40. The Morgan fingerprint density at radius 1 is 1.13 bits per heavy atom. The molecule has 4 nitrogen and oxygen atoms in total. The Balaban J connectivity index is 2.07. The van der Waals surface area contributed by atoms with Crippen molar-refractivity contribution in [1.29, 1.82) is 0 Å². The third-order valence-corrected chi connectivity index (χ3v) is 3.66. The highest BCUT2D eigenvalue weighted by Crippen LogP contribution is 2.06. The van der Waals surface area contributed by atoms with E-state index in [0.29, 0.717) is 13.1 Å². The Morgan fingerprint density at radius 3 is 2.33 bits per heavy atom. The van der Waals surface area contributed by atoms with Crippen LogP contribution in [-0.2, 0) is 11.3 Å². The molecule has 0 saturated carbocycles. The maximum absolute atomic E-state index is 10.7. The van der Waals surface area contributed by atoms with Crippen molar-refractivity contribution < 1.29 is 8.76 Å². The highest BCUT2D eigenvalue weighted by molar-refractivity contribution is 7.76. The van der Waals surface area contributed by atoms with Gasteiger partial charge in [-0.15, -0.1) is 0 Å². The molecule has 5 heteroatoms. The van der Waals surface area contributed by atoms with Crippen molar-refractivity contribution in [1.82, 2.24) is 9.21 Å². The fourth-order valence-corrected chi connectivity index (χ4v) is 2.33. The van der Waals surface area contributed by atoms with Crippen LogP contribution >= 0.6 is 0 Å². The third kappa shape index (κ3) is 5.06. The molecule has 0 aromatic rings. The number of unbranched alkanes of at least 4 members (excludes halogenated alkanes) is 3. The van der Waals surface area contributed by atoms with Gasteiger partial charge in [-0.3, -0.25) is 4.21 Å². The van der Waals surface area contributed by atoms with Crippen molar-refractivity contribution in [2.75, 3.05) is 32.7 Å². The minimum Gasteiger partial charge on any atom is -0.760 e. The van der Waals surface area contributed by atoms with E-state index in [1.807, 2.05) is 0 Å². The van der Waals surface area contributed by atoms with Crippen molar-refractivity contribution in [3.8, 4) is 0 Å². The zero-order chi connectivity index (χ0) is 11.1. The molecule has 1 aliphatic rings. The molecule has 1 saturated heterocycles. The summed E-state index contributed by atoms with van der Waals surface area (Å²) >= 11 is -2.02. The lowest BCUT2D eigenvalue weighted by molar-refractivity contribution is 0.183. The van der Waals surface area contributed by atoms with Crippen molar-refractivity contribution >= 4 is 11.3 Å². The molecule has 0 aromatic heterocycles. The van der Waals surface area contributed by atoms with Gasteiger partial charge >= 0.3 is 0 Å². The fourth-order valence-electron chi connectivity index (χ4n) is 1.86. The molecule has 1 atom stereocenters. The molecule has 1 rings (SSSR count). The van der Waals surface area contributed by atoms with Gasteiger partial charge in [-0.05, 0) is 13.0 Å². The second kappa shape index (κ2) is 7.33. The number of nitrogens with zero attached hydrogens (tertiary/aromatic N) is 2. The predicted octanol–water partition coefficient (Wildman–Crippen LogP) is 0.978. The summed E-state index contributed by atoms with van der Waals surface area (Å²) in [4.78, 5) is 2.36. The van der Waals surface area contributed by atoms with Crippen molar-refractivity contribution in [2.24, 2.45) is 0 Å². The SMILES string of the molecule is CCCCCCN1CCN(S(=O)[O-])CC1. The summed E-state index contributed by atoms with van der Waals surface area (Å²) in [6, 6.07) is 0. The molecule has 0 N–H and O–H groups in total. The zero-order valence-electron chi connectivity index (χ0n) is 9.48. The van der Waals surface area contributed by atoms with Gasteiger partial charge in [0.15, 0.2) is 0 Å². The Bertz CT molecular complexity index is 194. The molecule has 15 heavy (non-hydrogen) atoms. The largest absolute Gasteiger partial charge is 0.760 e. The first-order valence-corrected chi connectivity index (χ1v) is 6.84. The lowest BCUT2D eigenvalue weighted by Crippen LogP contribution is -2.46. The first kappa shape index (κ1) is 13.1. The van der Waals surface area contributed by atoms with E-state index in [9.17, 15) is 8.76 Å². The summed E-state index contributed by atoms with van der Waals surface area (Å²) < 4.78 is 22.8. The normalized spacial score (nSPS) is 21.7. The lowest BCUT2D eigenvalue weighted by atomic mass is 10.2. The van der Waals surface area contributed by atoms with Crippen LogP contribution in [0, 0.1) is 0 Å². The van der Waals surface area contributed by atoms with Gasteiger partial charge in [-0.2, -0.15) is 0 Å². The van der Waals surface area contributed by atoms with Crippen LogP contribution in [0.2, 0.25) is 0 Å². The van der Waals surface area contributed by atoms with Crippen molar-refractivity contribution in [3.05, 3.63) is 0 Å². The van der Waals surface area contributed by atoms with Gasteiger partial charge < -0.3 is 9.45 Å². The molecule has 1 fully saturated rings. The molecule has 1 unspecified atom stereocenters. The van der Waals surface area contributed by atoms with Gasteiger partial charge in [0.25, 0.3) is 0 Å². The van der Waals surface area contributed by atoms with Gasteiger partial charge in [-0.1, -0.05) is 26.2 Å². The number of hydrogen-bond acceptors (Lipinski definition) is 3. The molecule has 0 aliphatic carbocycles. The summed E-state index contributed by atoms with van der Waals surface area (Å²) in [7, 11) is 0. The van der Waals surface area contributed by atoms with Gasteiger partial charge in [-0.25, -0.2) is 4.31 Å². The first-order valence-electron chi connectivity index (χ1n) is 5.80. The minimum atomic E-state index is -2.02. The maximum atomic E-state index is 10.7. The molecule has 0 bridgehead atoms. The smallest absolute Gasteiger partial charge is 0.0230 e. The number of hydrogen-bond donors (Lipinski definition) is 0. The van der Waals surface area contributed by atoms with Crippen LogP contribution in [0.25, 0.3) is 0 Å². The van der Waals surface area contributed by atoms with Crippen LogP contribution in [0.1, 0.15) is 32.6 Å². The minimum absolute atomic E-state index is 0.657. The zero-order valence-corrected chi connectivity index (χ0v) is 10.3. The van der Waals surface area contributed by atoms with Crippen molar-refractivity contribution in [2.45, 2.75) is 32.6 Å². The molecular weight excluding hydrogens is 212 g/mol. The van der Waals surface area contributed by atoms with E-state index in [0.717, 1.165) is 19.6 Å². The van der Waals surface area contributed by atoms with Crippen LogP contribution in [0.3, 0.4) is 0 Å². The van der Waals surface area contributed by atoms with Gasteiger partial charge in [0.05, 0.1) is 0 Å². The van der Waals surface area contributed by atoms with Crippen LogP contribution < -0.4 is 0 Å². The van der Waals surface area contributed by atoms with E-state index in [-0.39, 0.29) is 0 Å². The van der Waals surface area contributed by atoms with E-state index in [4.69, 9.17) is 0 Å². The second-order valence-corrected chi connectivity index (χ2v) is 5.00. The topological polar surface area (TPSA) is 46.6 Å². The molecule has 0 aromatic carbocycles. The predicted molar refractivity (Wildman–Crippen MR) is 61.1 cm³/mol. The van der Waals surface area contributed by atoms with E-state index >= 15 is 0 Å².